The SMILES string of the molecule is CC(CO)Nc1ncc2ccc(=O)[nH]c2n1. The smallest absolute Gasteiger partial charge is 0.249 e. The van der Waals surface area contributed by atoms with E-state index in [9.17, 15) is 4.79 Å². The van der Waals surface area contributed by atoms with Crippen molar-refractivity contribution < 1.29 is 5.11 Å². The molecule has 6 heteroatoms. The largest absolute Gasteiger partial charge is 0.394 e. The second-order valence-corrected chi connectivity index (χ2v) is 3.55. The normalized spacial score (nSPS) is 12.6. The van der Waals surface area contributed by atoms with Crippen LogP contribution < -0.4 is 10.9 Å². The van der Waals surface area contributed by atoms with Gasteiger partial charge in [-0.15, -0.1) is 0 Å². The van der Waals surface area contributed by atoms with E-state index in [1.54, 1.807) is 19.2 Å². The summed E-state index contributed by atoms with van der Waals surface area (Å²) in [6, 6.07) is 2.95. The maximum atomic E-state index is 11.1. The highest BCUT2D eigenvalue weighted by Crippen LogP contribution is 2.08. The number of rotatable bonds is 3. The van der Waals surface area contributed by atoms with E-state index in [1.807, 2.05) is 0 Å². The van der Waals surface area contributed by atoms with Crippen LogP contribution in [0.3, 0.4) is 0 Å². The van der Waals surface area contributed by atoms with E-state index < -0.39 is 0 Å². The third-order valence-electron chi connectivity index (χ3n) is 2.12. The lowest BCUT2D eigenvalue weighted by molar-refractivity contribution is 0.281. The number of H-pyrrole nitrogens is 1. The molecule has 2 heterocycles. The molecule has 2 aromatic rings. The fraction of sp³-hybridized carbons (Fsp3) is 0.300. The van der Waals surface area contributed by atoms with Gasteiger partial charge < -0.3 is 15.4 Å². The third-order valence-corrected chi connectivity index (χ3v) is 2.12. The lowest BCUT2D eigenvalue weighted by Gasteiger charge is -2.10. The van der Waals surface area contributed by atoms with Crippen LogP contribution in [0.4, 0.5) is 5.95 Å². The predicted octanol–water partition coefficient (Wildman–Crippen LogP) is 0.111. The Labute approximate surface area is 91.4 Å². The molecule has 16 heavy (non-hydrogen) atoms. The molecule has 0 fully saturated rings. The average molecular weight is 220 g/mol. The van der Waals surface area contributed by atoms with Crippen LogP contribution in [0.2, 0.25) is 0 Å². The molecule has 0 aliphatic carbocycles. The van der Waals surface area contributed by atoms with E-state index in [1.165, 1.54) is 6.07 Å². The molecule has 1 atom stereocenters. The quantitative estimate of drug-likeness (QED) is 0.683. The first-order valence-corrected chi connectivity index (χ1v) is 4.92. The van der Waals surface area contributed by atoms with Crippen molar-refractivity contribution in [2.75, 3.05) is 11.9 Å². The molecule has 0 amide bonds. The van der Waals surface area contributed by atoms with Gasteiger partial charge in [0.25, 0.3) is 0 Å². The zero-order valence-electron chi connectivity index (χ0n) is 8.77. The number of hydrogen-bond donors (Lipinski definition) is 3. The van der Waals surface area contributed by atoms with Crippen LogP contribution in [0.1, 0.15) is 6.92 Å². The van der Waals surface area contributed by atoms with E-state index in [4.69, 9.17) is 5.11 Å². The summed E-state index contributed by atoms with van der Waals surface area (Å²) in [4.78, 5) is 21.9. The van der Waals surface area contributed by atoms with Gasteiger partial charge in [0.2, 0.25) is 11.5 Å². The molecular formula is C10H12N4O2. The highest BCUT2D eigenvalue weighted by Gasteiger charge is 2.03. The van der Waals surface area contributed by atoms with E-state index in [0.717, 1.165) is 5.39 Å². The molecule has 0 aliphatic heterocycles. The Kier molecular flexibility index (Phi) is 2.82. The van der Waals surface area contributed by atoms with E-state index in [2.05, 4.69) is 20.3 Å². The number of aliphatic hydroxyl groups excluding tert-OH is 1. The molecule has 0 bridgehead atoms. The fourth-order valence-corrected chi connectivity index (χ4v) is 1.27. The van der Waals surface area contributed by atoms with Gasteiger partial charge in [-0.1, -0.05) is 0 Å². The van der Waals surface area contributed by atoms with Gasteiger partial charge in [0.1, 0.15) is 5.65 Å². The van der Waals surface area contributed by atoms with Gasteiger partial charge in [0.15, 0.2) is 0 Å². The Hall–Kier alpha value is -1.95. The van der Waals surface area contributed by atoms with Crippen LogP contribution in [0.25, 0.3) is 11.0 Å². The molecule has 1 unspecified atom stereocenters. The number of fused-ring (bicyclic) bond motifs is 1. The summed E-state index contributed by atoms with van der Waals surface area (Å²) in [7, 11) is 0. The summed E-state index contributed by atoms with van der Waals surface area (Å²) >= 11 is 0. The van der Waals surface area contributed by atoms with E-state index >= 15 is 0 Å². The Balaban J connectivity index is 2.39. The van der Waals surface area contributed by atoms with Crippen molar-refractivity contribution in [3.8, 4) is 0 Å². The number of nitrogens with zero attached hydrogens (tertiary/aromatic N) is 2. The maximum absolute atomic E-state index is 11.1. The molecule has 0 aromatic carbocycles. The van der Waals surface area contributed by atoms with Gasteiger partial charge in [0, 0.05) is 23.7 Å². The topological polar surface area (TPSA) is 90.9 Å². The van der Waals surface area contributed by atoms with E-state index in [0.29, 0.717) is 11.6 Å². The minimum atomic E-state index is -0.202. The summed E-state index contributed by atoms with van der Waals surface area (Å²) in [5.74, 6) is 0.385. The zero-order chi connectivity index (χ0) is 11.5. The van der Waals surface area contributed by atoms with Gasteiger partial charge >= 0.3 is 0 Å². The summed E-state index contributed by atoms with van der Waals surface area (Å²) in [6.45, 7) is 1.80. The number of pyridine rings is 1. The van der Waals surface area contributed by atoms with Crippen LogP contribution >= 0.6 is 0 Å². The number of aliphatic hydroxyl groups is 1. The number of anilines is 1. The highest BCUT2D eigenvalue weighted by atomic mass is 16.3. The molecule has 84 valence electrons. The Morgan fingerprint density at radius 1 is 1.56 bits per heavy atom. The van der Waals surface area contributed by atoms with Gasteiger partial charge in [-0.25, -0.2) is 4.98 Å². The Morgan fingerprint density at radius 2 is 2.38 bits per heavy atom. The molecule has 0 aliphatic rings. The lowest BCUT2D eigenvalue weighted by Crippen LogP contribution is -2.21. The molecule has 3 N–H and O–H groups in total. The molecule has 0 radical (unpaired) electrons. The zero-order valence-corrected chi connectivity index (χ0v) is 8.77. The van der Waals surface area contributed by atoms with Crippen molar-refractivity contribution in [2.45, 2.75) is 13.0 Å². The third kappa shape index (κ3) is 2.17. The summed E-state index contributed by atoms with van der Waals surface area (Å²) in [5.41, 5.74) is 0.280. The van der Waals surface area contributed by atoms with Crippen molar-refractivity contribution in [2.24, 2.45) is 0 Å². The standard InChI is InChI=1S/C10H12N4O2/c1-6(5-15)12-10-11-4-7-2-3-8(16)13-9(7)14-10/h2-4,6,15H,5H2,1H3,(H2,11,12,13,14,16). The summed E-state index contributed by atoms with van der Waals surface area (Å²) in [5, 5.41) is 12.6. The van der Waals surface area contributed by atoms with Crippen molar-refractivity contribution >= 4 is 17.0 Å². The second-order valence-electron chi connectivity index (χ2n) is 3.55. The first-order chi connectivity index (χ1) is 7.69. The number of aromatic amines is 1. The monoisotopic (exact) mass is 220 g/mol. The predicted molar refractivity (Wildman–Crippen MR) is 60.3 cm³/mol. The Morgan fingerprint density at radius 3 is 3.12 bits per heavy atom. The van der Waals surface area contributed by atoms with Gasteiger partial charge in [-0.3, -0.25) is 4.79 Å². The Bertz CT molecular complexity index is 552. The first kappa shape index (κ1) is 10.6. The van der Waals surface area contributed by atoms with Crippen molar-refractivity contribution in [3.05, 3.63) is 28.7 Å². The number of hydrogen-bond acceptors (Lipinski definition) is 5. The van der Waals surface area contributed by atoms with Gasteiger partial charge in [0.05, 0.1) is 6.61 Å². The maximum Gasteiger partial charge on any atom is 0.249 e. The minimum Gasteiger partial charge on any atom is -0.394 e. The van der Waals surface area contributed by atoms with Crippen LogP contribution in [0, 0.1) is 0 Å². The second kappa shape index (κ2) is 4.28. The molecule has 0 saturated heterocycles. The van der Waals surface area contributed by atoms with Crippen molar-refractivity contribution in [3.63, 3.8) is 0 Å². The van der Waals surface area contributed by atoms with Crippen LogP contribution in [0.15, 0.2) is 23.1 Å². The lowest BCUT2D eigenvalue weighted by atomic mass is 10.3. The van der Waals surface area contributed by atoms with Gasteiger partial charge in [-0.2, -0.15) is 4.98 Å². The number of aromatic nitrogens is 3. The average Bonchev–Trinajstić information content (AvgIpc) is 2.28. The minimum absolute atomic E-state index is 0.00724. The van der Waals surface area contributed by atoms with Crippen LogP contribution in [-0.4, -0.2) is 32.7 Å². The van der Waals surface area contributed by atoms with Crippen molar-refractivity contribution in [1.82, 2.24) is 15.0 Å². The molecule has 2 rings (SSSR count). The fourth-order valence-electron chi connectivity index (χ4n) is 1.27. The van der Waals surface area contributed by atoms with Gasteiger partial charge in [-0.05, 0) is 13.0 Å². The number of nitrogens with one attached hydrogen (secondary N) is 2. The molecule has 0 spiro atoms. The molecular weight excluding hydrogens is 208 g/mol. The van der Waals surface area contributed by atoms with Crippen molar-refractivity contribution in [1.29, 1.82) is 0 Å². The molecule has 2 aromatic heterocycles. The summed E-state index contributed by atoms with van der Waals surface area (Å²) < 4.78 is 0. The molecule has 0 saturated carbocycles. The molecule has 6 nitrogen and oxygen atoms in total. The van der Waals surface area contributed by atoms with Crippen LogP contribution in [-0.2, 0) is 0 Å². The van der Waals surface area contributed by atoms with Crippen LogP contribution in [0.5, 0.6) is 0 Å². The highest BCUT2D eigenvalue weighted by molar-refractivity contribution is 5.74. The van der Waals surface area contributed by atoms with E-state index in [-0.39, 0.29) is 18.2 Å². The first-order valence-electron chi connectivity index (χ1n) is 4.92. The summed E-state index contributed by atoms with van der Waals surface area (Å²) in [6.07, 6.45) is 1.62.